The zero-order chi connectivity index (χ0) is 14.8. The molecule has 0 N–H and O–H groups in total. The van der Waals surface area contributed by atoms with Crippen molar-refractivity contribution in [1.82, 2.24) is 0 Å². The summed E-state index contributed by atoms with van der Waals surface area (Å²) in [6.07, 6.45) is 1.56. The van der Waals surface area contributed by atoms with E-state index in [2.05, 4.69) is 20.9 Å². The number of benzene rings is 2. The number of ether oxygens (including phenoxy) is 1. The molecule has 0 bridgehead atoms. The van der Waals surface area contributed by atoms with Crippen LogP contribution < -0.4 is 0 Å². The predicted octanol–water partition coefficient (Wildman–Crippen LogP) is 3.93. The lowest BCUT2D eigenvalue weighted by molar-refractivity contribution is -0.129. The molecule has 0 spiro atoms. The minimum absolute atomic E-state index is 0.187. The maximum atomic E-state index is 13.2. The molecule has 0 unspecified atom stereocenters. The van der Waals surface area contributed by atoms with E-state index in [-0.39, 0.29) is 17.4 Å². The van der Waals surface area contributed by atoms with Gasteiger partial charge in [0.25, 0.3) is 0 Å². The van der Waals surface area contributed by atoms with Gasteiger partial charge in [0.1, 0.15) is 5.82 Å². The molecule has 3 rings (SSSR count). The fourth-order valence-corrected chi connectivity index (χ4v) is 2.27. The topological polar surface area (TPSA) is 38.7 Å². The van der Waals surface area contributed by atoms with Gasteiger partial charge in [-0.1, -0.05) is 24.3 Å². The molecule has 0 atom stereocenters. The molecule has 1 heterocycles. The van der Waals surface area contributed by atoms with Gasteiger partial charge >= 0.3 is 5.97 Å². The molecule has 3 nitrogen and oxygen atoms in total. The van der Waals surface area contributed by atoms with E-state index in [1.807, 2.05) is 30.3 Å². The van der Waals surface area contributed by atoms with Crippen LogP contribution in [0, 0.1) is 5.82 Å². The second-order valence-electron chi connectivity index (χ2n) is 4.38. The van der Waals surface area contributed by atoms with Gasteiger partial charge in [0, 0.05) is 5.56 Å². The molecular weight excluding hydrogens is 337 g/mol. The van der Waals surface area contributed by atoms with E-state index in [1.165, 1.54) is 6.07 Å². The van der Waals surface area contributed by atoms with Crippen molar-refractivity contribution >= 4 is 33.9 Å². The lowest BCUT2D eigenvalue weighted by Crippen LogP contribution is -2.04. The Bertz CT molecular complexity index is 769. The summed E-state index contributed by atoms with van der Waals surface area (Å²) in [6.45, 7) is 0. The van der Waals surface area contributed by atoms with Crippen LogP contribution in [0.25, 0.3) is 6.08 Å². The van der Waals surface area contributed by atoms with Crippen molar-refractivity contribution in [2.45, 2.75) is 0 Å². The number of carbonyl (C=O) groups is 1. The van der Waals surface area contributed by atoms with Crippen LogP contribution in [0.3, 0.4) is 0 Å². The summed E-state index contributed by atoms with van der Waals surface area (Å²) in [5.74, 6) is -0.609. The van der Waals surface area contributed by atoms with Crippen molar-refractivity contribution in [3.05, 3.63) is 75.6 Å². The molecule has 5 heteroatoms. The van der Waals surface area contributed by atoms with Crippen molar-refractivity contribution in [2.24, 2.45) is 4.99 Å². The average molecular weight is 346 g/mol. The van der Waals surface area contributed by atoms with Gasteiger partial charge in [-0.05, 0) is 51.8 Å². The molecule has 0 aliphatic carbocycles. The third-order valence-corrected chi connectivity index (χ3v) is 3.50. The van der Waals surface area contributed by atoms with Crippen LogP contribution in [0.2, 0.25) is 0 Å². The van der Waals surface area contributed by atoms with Crippen LogP contribution in [0.1, 0.15) is 11.1 Å². The molecule has 104 valence electrons. The van der Waals surface area contributed by atoms with Crippen molar-refractivity contribution in [3.63, 3.8) is 0 Å². The lowest BCUT2D eigenvalue weighted by Gasteiger charge is -1.97. The third-order valence-electron chi connectivity index (χ3n) is 2.89. The molecule has 0 fully saturated rings. The number of aliphatic imine (C=N–C) groups is 1. The smallest absolute Gasteiger partial charge is 0.363 e. The molecule has 0 aromatic heterocycles. The van der Waals surface area contributed by atoms with Crippen LogP contribution in [-0.2, 0) is 9.53 Å². The van der Waals surface area contributed by atoms with E-state index < -0.39 is 5.97 Å². The van der Waals surface area contributed by atoms with Crippen molar-refractivity contribution in [2.75, 3.05) is 0 Å². The number of carbonyl (C=O) groups excluding carboxylic acids is 1. The molecule has 1 aliphatic rings. The second kappa shape index (κ2) is 5.61. The first kappa shape index (κ1) is 13.7. The Morgan fingerprint density at radius 2 is 1.90 bits per heavy atom. The normalized spacial score (nSPS) is 16.0. The average Bonchev–Trinajstić information content (AvgIpc) is 2.85. The van der Waals surface area contributed by atoms with E-state index >= 15 is 0 Å². The number of hydrogen-bond donors (Lipinski definition) is 0. The molecular formula is C16H9BrFNO2. The van der Waals surface area contributed by atoms with Gasteiger partial charge in [0.05, 0.1) is 4.47 Å². The van der Waals surface area contributed by atoms with Gasteiger partial charge < -0.3 is 4.74 Å². The van der Waals surface area contributed by atoms with E-state index in [4.69, 9.17) is 4.74 Å². The summed E-state index contributed by atoms with van der Waals surface area (Å²) >= 11 is 3.10. The predicted molar refractivity (Wildman–Crippen MR) is 81.1 cm³/mol. The van der Waals surface area contributed by atoms with Crippen molar-refractivity contribution in [3.8, 4) is 0 Å². The number of nitrogens with zero attached hydrogens (tertiary/aromatic N) is 1. The fraction of sp³-hybridized carbons (Fsp3) is 0. The largest absolute Gasteiger partial charge is 0.402 e. The van der Waals surface area contributed by atoms with Crippen LogP contribution in [0.15, 0.2) is 63.7 Å². The zero-order valence-corrected chi connectivity index (χ0v) is 12.3. The highest BCUT2D eigenvalue weighted by Crippen LogP contribution is 2.22. The molecule has 0 radical (unpaired) electrons. The number of cyclic esters (lactones) is 1. The van der Waals surface area contributed by atoms with Gasteiger partial charge in [-0.25, -0.2) is 14.2 Å². The van der Waals surface area contributed by atoms with E-state index in [0.29, 0.717) is 10.0 Å². The maximum absolute atomic E-state index is 13.2. The highest BCUT2D eigenvalue weighted by atomic mass is 79.9. The third kappa shape index (κ3) is 2.92. The highest BCUT2D eigenvalue weighted by Gasteiger charge is 2.23. The summed E-state index contributed by atoms with van der Waals surface area (Å²) in [6, 6.07) is 13.6. The summed E-state index contributed by atoms with van der Waals surface area (Å²) in [4.78, 5) is 16.0. The highest BCUT2D eigenvalue weighted by molar-refractivity contribution is 9.10. The molecule has 21 heavy (non-hydrogen) atoms. The summed E-state index contributed by atoms with van der Waals surface area (Å²) in [5, 5.41) is 0. The SMILES string of the molecule is O=C1OC(c2ccccc2)=N/C1=C\c1ccc(F)c(Br)c1. The minimum atomic E-state index is -0.519. The minimum Gasteiger partial charge on any atom is -0.402 e. The maximum Gasteiger partial charge on any atom is 0.363 e. The summed E-state index contributed by atoms with van der Waals surface area (Å²) in [5.41, 5.74) is 1.58. The summed E-state index contributed by atoms with van der Waals surface area (Å²) in [7, 11) is 0. The Morgan fingerprint density at radius 1 is 1.14 bits per heavy atom. The number of hydrogen-bond acceptors (Lipinski definition) is 3. The molecule has 2 aromatic rings. The van der Waals surface area contributed by atoms with Crippen LogP contribution in [0.4, 0.5) is 4.39 Å². The Morgan fingerprint density at radius 3 is 2.62 bits per heavy atom. The van der Waals surface area contributed by atoms with Crippen LogP contribution in [-0.4, -0.2) is 11.9 Å². The first-order valence-corrected chi connectivity index (χ1v) is 6.96. The molecule has 1 aliphatic heterocycles. The van der Waals surface area contributed by atoms with Gasteiger partial charge in [-0.3, -0.25) is 0 Å². The van der Waals surface area contributed by atoms with Crippen LogP contribution >= 0.6 is 15.9 Å². The first-order chi connectivity index (χ1) is 10.1. The quantitative estimate of drug-likeness (QED) is 0.610. The number of rotatable bonds is 2. The van der Waals surface area contributed by atoms with Gasteiger partial charge in [-0.2, -0.15) is 0 Å². The molecule has 2 aromatic carbocycles. The molecule has 0 amide bonds. The Labute approximate surface area is 128 Å². The fourth-order valence-electron chi connectivity index (χ4n) is 1.87. The summed E-state index contributed by atoms with van der Waals surface area (Å²) < 4.78 is 18.7. The first-order valence-electron chi connectivity index (χ1n) is 6.16. The van der Waals surface area contributed by atoms with Gasteiger partial charge in [0.15, 0.2) is 5.70 Å². The van der Waals surface area contributed by atoms with Gasteiger partial charge in [-0.15, -0.1) is 0 Å². The number of esters is 1. The standard InChI is InChI=1S/C16H9BrFNO2/c17-12-8-10(6-7-13(12)18)9-14-16(20)21-15(19-14)11-4-2-1-3-5-11/h1-9H/b14-9-. The van der Waals surface area contributed by atoms with E-state index in [1.54, 1.807) is 18.2 Å². The van der Waals surface area contributed by atoms with Crippen molar-refractivity contribution in [1.29, 1.82) is 0 Å². The monoisotopic (exact) mass is 345 g/mol. The van der Waals surface area contributed by atoms with Gasteiger partial charge in [0.2, 0.25) is 5.90 Å². The second-order valence-corrected chi connectivity index (χ2v) is 5.23. The van der Waals surface area contributed by atoms with E-state index in [0.717, 1.165) is 5.56 Å². The Balaban J connectivity index is 1.95. The number of halogens is 2. The Kier molecular flexibility index (Phi) is 3.66. The molecule has 0 saturated heterocycles. The van der Waals surface area contributed by atoms with E-state index in [9.17, 15) is 9.18 Å². The van der Waals surface area contributed by atoms with Crippen LogP contribution in [0.5, 0.6) is 0 Å². The lowest BCUT2D eigenvalue weighted by atomic mass is 10.2. The Hall–Kier alpha value is -2.27. The van der Waals surface area contributed by atoms with Crippen molar-refractivity contribution < 1.29 is 13.9 Å². The zero-order valence-electron chi connectivity index (χ0n) is 10.7. The molecule has 0 saturated carbocycles.